The lowest BCUT2D eigenvalue weighted by Gasteiger charge is -2.34. The smallest absolute Gasteiger partial charge is 0.147 e. The van der Waals surface area contributed by atoms with E-state index in [9.17, 15) is 0 Å². The van der Waals surface area contributed by atoms with E-state index in [1.807, 2.05) is 12.1 Å². The van der Waals surface area contributed by atoms with Gasteiger partial charge in [-0.15, -0.1) is 0 Å². The van der Waals surface area contributed by atoms with Crippen LogP contribution in [0.2, 0.25) is 0 Å². The van der Waals surface area contributed by atoms with Crippen molar-refractivity contribution in [3.8, 4) is 67.1 Å². The summed E-state index contributed by atoms with van der Waals surface area (Å²) in [6, 6.07) is 118. The second-order valence-electron chi connectivity index (χ2n) is 39.9. The van der Waals surface area contributed by atoms with E-state index in [4.69, 9.17) is 18.9 Å². The average molecular weight is 1870 g/mol. The maximum absolute atomic E-state index is 6.49. The van der Waals surface area contributed by atoms with E-state index in [2.05, 4.69) is 359 Å². The van der Waals surface area contributed by atoms with Crippen molar-refractivity contribution in [2.75, 3.05) is 20.0 Å². The van der Waals surface area contributed by atoms with Crippen LogP contribution in [0.25, 0.3) is 55.6 Å². The molecule has 13 aromatic rings. The minimum absolute atomic E-state index is 0.0397. The van der Waals surface area contributed by atoms with Crippen molar-refractivity contribution in [3.05, 3.63) is 360 Å². The van der Waals surface area contributed by atoms with Gasteiger partial charge in [0.15, 0.2) is 0 Å². The Morgan fingerprint density at radius 2 is 0.507 bits per heavy atom. The molecular weight excluding hydrogens is 1710 g/mol. The Hall–Kier alpha value is -9.76. The second kappa shape index (κ2) is 56.0. The summed E-state index contributed by atoms with van der Waals surface area (Å²) >= 11 is 0. The van der Waals surface area contributed by atoms with Gasteiger partial charge in [-0.05, 0) is 244 Å². The predicted octanol–water partition coefficient (Wildman–Crippen LogP) is 35.6. The molecule has 1 fully saturated rings. The van der Waals surface area contributed by atoms with Gasteiger partial charge in [0.25, 0.3) is 0 Å². The van der Waals surface area contributed by atoms with Crippen LogP contribution in [0.5, 0.6) is 11.5 Å². The number of benzene rings is 13. The number of unbranched alkanes of at least 4 members (excludes halogenated alkanes) is 26. The van der Waals surface area contributed by atoms with Gasteiger partial charge in [0.1, 0.15) is 31.5 Å². The second-order valence-corrected chi connectivity index (χ2v) is 44.4. The zero-order valence-corrected chi connectivity index (χ0v) is 87.2. The Balaban J connectivity index is 0.000000324. The highest BCUT2D eigenvalue weighted by Crippen LogP contribution is 2.58. The maximum atomic E-state index is 6.49. The van der Waals surface area contributed by atoms with Crippen LogP contribution in [0.4, 0.5) is 0 Å². The van der Waals surface area contributed by atoms with Crippen molar-refractivity contribution in [3.63, 3.8) is 0 Å². The van der Waals surface area contributed by atoms with E-state index in [1.165, 1.54) is 330 Å². The van der Waals surface area contributed by atoms with Crippen LogP contribution in [-0.4, -0.2) is 32.2 Å². The van der Waals surface area contributed by atoms with Crippen molar-refractivity contribution in [1.82, 2.24) is 0 Å². The fourth-order valence-electron chi connectivity index (χ4n) is 21.9. The predicted molar refractivity (Wildman–Crippen MR) is 599 cm³/mol. The summed E-state index contributed by atoms with van der Waals surface area (Å²) in [5.74, 6) is 1.73. The first-order valence-corrected chi connectivity index (χ1v) is 57.0. The number of aryl methyl sites for hydroxylation is 4. The molecule has 1 heterocycles. The molecule has 2 aliphatic carbocycles. The van der Waals surface area contributed by atoms with Crippen molar-refractivity contribution < 1.29 is 18.9 Å². The molecule has 16 rings (SSSR count). The van der Waals surface area contributed by atoms with Crippen LogP contribution in [0.15, 0.2) is 315 Å². The molecule has 1 saturated heterocycles. The topological polar surface area (TPSA) is 36.9 Å². The number of rotatable bonds is 53. The maximum Gasteiger partial charge on any atom is 0.147 e. The van der Waals surface area contributed by atoms with Gasteiger partial charge >= 0.3 is 0 Å². The van der Waals surface area contributed by atoms with Crippen molar-refractivity contribution >= 4 is 47.7 Å². The summed E-state index contributed by atoms with van der Waals surface area (Å²) in [5, 5.41) is 8.39. The lowest BCUT2D eigenvalue weighted by molar-refractivity contribution is -0.188. The average Bonchev–Trinajstić information content (AvgIpc) is 1.56. The number of hydrogen-bond donors (Lipinski definition) is 0. The summed E-state index contributed by atoms with van der Waals surface area (Å²) in [4.78, 5) is 0. The Kier molecular flexibility index (Phi) is 42.3. The van der Waals surface area contributed by atoms with E-state index in [-0.39, 0.29) is 29.8 Å². The van der Waals surface area contributed by atoms with Gasteiger partial charge in [-0.1, -0.05) is 518 Å². The number of hydrogen-bond acceptors (Lipinski definition) is 4. The molecule has 0 spiro atoms. The third-order valence-corrected chi connectivity index (χ3v) is 34.4. The van der Waals surface area contributed by atoms with Crippen LogP contribution >= 0.6 is 15.8 Å². The molecule has 138 heavy (non-hydrogen) atoms. The molecule has 4 nitrogen and oxygen atoms in total. The van der Waals surface area contributed by atoms with E-state index >= 15 is 0 Å². The SMILES string of the molecule is CCCCCCCCC1(CCCCCCCC)c2cc(C)ccc2-c2ccc(-c3cc(CCCCCC)c(-c4ccc5c(c4)C(CCCCCCCC)(CCCCCCCC)c4cc(-c6ccc(OCC7CC(COc8ccc(C)cc8)OCO7)cc6)ccc4-5)cc3CCCCCC)cc21.c1ccc(P(c2ccccc2)c2ccccc2)cc1.c1ccc(P(c2ccccc2)c2ccccc2)cc1. The summed E-state index contributed by atoms with van der Waals surface area (Å²) < 4.78 is 24.6. The molecule has 2 atom stereocenters. The van der Waals surface area contributed by atoms with Crippen molar-refractivity contribution in [1.29, 1.82) is 0 Å². The van der Waals surface area contributed by atoms with Crippen LogP contribution in [0.3, 0.4) is 0 Å². The van der Waals surface area contributed by atoms with E-state index in [1.54, 1.807) is 33.4 Å². The standard InChI is InChI=1S/C96H132O4.2C18H15P/c1-9-15-21-27-31-37-59-95(60-38-32-28-22-16-10-2)91-63-74(8)45-55-85(91)87-57-49-79(67-93(87)95)89-64-78(42-36-26-20-14-6)90(65-77(89)41-35-25-19-13-5)80-50-58-88-86-56-48-76(66-92(86)96(94(88)68-80,61-39-33-29-23-17-11-3)62-40-34-30-24-18-12-4)75-46-53-82(54-47-75)98-71-84-69-83(99-72-100-84)70-97-81-51-43-73(7)44-52-81;2*1-4-10-16(11-5-1)19(17-12-6-2-7-13-17)18-14-8-3-9-15-18/h43-58,63-68,83-84H,9-42,59-62,69-72H2,1-8H3;2*1-15H. The molecule has 724 valence electrons. The van der Waals surface area contributed by atoms with Gasteiger partial charge in [-0.25, -0.2) is 0 Å². The molecule has 3 aliphatic rings. The van der Waals surface area contributed by atoms with E-state index in [0.717, 1.165) is 30.8 Å². The highest BCUT2D eigenvalue weighted by atomic mass is 31.1. The van der Waals surface area contributed by atoms with Crippen molar-refractivity contribution in [2.24, 2.45) is 0 Å². The van der Waals surface area contributed by atoms with Crippen LogP contribution in [0, 0.1) is 13.8 Å². The minimum Gasteiger partial charge on any atom is -0.491 e. The van der Waals surface area contributed by atoms with Crippen LogP contribution < -0.4 is 41.3 Å². The molecule has 0 radical (unpaired) electrons. The van der Waals surface area contributed by atoms with Crippen LogP contribution in [0.1, 0.15) is 324 Å². The van der Waals surface area contributed by atoms with Crippen LogP contribution in [-0.2, 0) is 33.1 Å². The first-order chi connectivity index (χ1) is 68.0. The third kappa shape index (κ3) is 28.8. The zero-order valence-electron chi connectivity index (χ0n) is 85.4. The van der Waals surface area contributed by atoms with E-state index < -0.39 is 15.8 Å². The Morgan fingerprint density at radius 3 is 0.833 bits per heavy atom. The van der Waals surface area contributed by atoms with E-state index in [0.29, 0.717) is 13.2 Å². The third-order valence-electron chi connectivity index (χ3n) is 29.6. The van der Waals surface area contributed by atoms with Gasteiger partial charge in [0, 0.05) is 17.3 Å². The Bertz CT molecular complexity index is 5340. The van der Waals surface area contributed by atoms with Gasteiger partial charge in [-0.2, -0.15) is 0 Å². The molecule has 0 aromatic heterocycles. The molecule has 0 amide bonds. The quantitative estimate of drug-likeness (QED) is 0.0281. The highest BCUT2D eigenvalue weighted by Gasteiger charge is 2.45. The van der Waals surface area contributed by atoms with Gasteiger partial charge < -0.3 is 18.9 Å². The zero-order chi connectivity index (χ0) is 95.6. The van der Waals surface area contributed by atoms with Gasteiger partial charge in [0.2, 0.25) is 0 Å². The number of ether oxygens (including phenoxy) is 4. The van der Waals surface area contributed by atoms with Gasteiger partial charge in [-0.3, -0.25) is 0 Å². The molecule has 1 aliphatic heterocycles. The summed E-state index contributed by atoms with van der Waals surface area (Å²) in [7, 11) is -0.892. The molecule has 2 unspecified atom stereocenters. The fraction of sp³-hybridized carbons (Fsp3) is 0.409. The molecular formula is C132H162O4P2. The molecule has 0 saturated carbocycles. The summed E-state index contributed by atoms with van der Waals surface area (Å²) in [6.07, 6.45) is 49.4. The normalized spacial score (nSPS) is 14.2. The van der Waals surface area contributed by atoms with Crippen molar-refractivity contribution in [2.45, 2.75) is 329 Å². The summed E-state index contributed by atoms with van der Waals surface area (Å²) in [6.45, 7) is 19.8. The monoisotopic (exact) mass is 1870 g/mol. The first-order valence-electron chi connectivity index (χ1n) is 54.3. The lowest BCUT2D eigenvalue weighted by Crippen LogP contribution is -2.38. The molecule has 0 N–H and O–H groups in total. The first kappa shape index (κ1) is 104. The largest absolute Gasteiger partial charge is 0.491 e. The van der Waals surface area contributed by atoms with Gasteiger partial charge in [0.05, 0.1) is 12.2 Å². The Morgan fingerprint density at radius 1 is 0.246 bits per heavy atom. The summed E-state index contributed by atoms with van der Waals surface area (Å²) in [5.41, 5.74) is 26.4. The Labute approximate surface area is 836 Å². The highest BCUT2D eigenvalue weighted by molar-refractivity contribution is 7.80. The minimum atomic E-state index is -0.446. The molecule has 13 aromatic carbocycles. The fourth-order valence-corrected chi connectivity index (χ4v) is 26.5. The lowest BCUT2D eigenvalue weighted by atomic mass is 9.69. The number of fused-ring (bicyclic) bond motifs is 6. The molecule has 0 bridgehead atoms. The molecule has 6 heteroatoms.